The van der Waals surface area contributed by atoms with Crippen molar-refractivity contribution in [1.29, 1.82) is 0 Å². The van der Waals surface area contributed by atoms with Gasteiger partial charge < -0.3 is 0 Å². The third-order valence-corrected chi connectivity index (χ3v) is 2.36. The van der Waals surface area contributed by atoms with Crippen molar-refractivity contribution in [2.45, 2.75) is 26.2 Å². The molecule has 5 nitrogen and oxygen atoms in total. The van der Waals surface area contributed by atoms with Gasteiger partial charge in [-0.3, -0.25) is 0 Å². The number of aromatic amines is 1. The van der Waals surface area contributed by atoms with Gasteiger partial charge in [0.15, 0.2) is 0 Å². The van der Waals surface area contributed by atoms with Crippen LogP contribution in [0.4, 0.5) is 5.95 Å². The standard InChI is InChI=1S/C8H13N5/c1-6-3-2-4-7(6)11-13-8-9-5-10-12-8/h5-6H,2-4H2,1H3,(H2,9,10,12,13)/b11-7+. The van der Waals surface area contributed by atoms with Crippen LogP contribution < -0.4 is 5.43 Å². The minimum absolute atomic E-state index is 0.603. The zero-order chi connectivity index (χ0) is 9.10. The molecular formula is C8H13N5. The highest BCUT2D eigenvalue weighted by Crippen LogP contribution is 2.21. The van der Waals surface area contributed by atoms with Gasteiger partial charge in [-0.2, -0.15) is 15.2 Å². The predicted octanol–water partition coefficient (Wildman–Crippen LogP) is 1.39. The Morgan fingerprint density at radius 1 is 1.69 bits per heavy atom. The van der Waals surface area contributed by atoms with Gasteiger partial charge in [-0.1, -0.05) is 6.92 Å². The lowest BCUT2D eigenvalue weighted by molar-refractivity contribution is 0.727. The fourth-order valence-corrected chi connectivity index (χ4v) is 1.55. The first-order chi connectivity index (χ1) is 6.36. The van der Waals surface area contributed by atoms with Gasteiger partial charge >= 0.3 is 0 Å². The van der Waals surface area contributed by atoms with Crippen LogP contribution in [0.5, 0.6) is 0 Å². The van der Waals surface area contributed by atoms with Crippen LogP contribution in [0.2, 0.25) is 0 Å². The average Bonchev–Trinajstić information content (AvgIpc) is 2.72. The smallest absolute Gasteiger partial charge is 0.239 e. The molecule has 0 spiro atoms. The molecule has 70 valence electrons. The molecule has 13 heavy (non-hydrogen) atoms. The van der Waals surface area contributed by atoms with Crippen molar-refractivity contribution in [3.05, 3.63) is 6.33 Å². The average molecular weight is 179 g/mol. The molecule has 0 radical (unpaired) electrons. The summed E-state index contributed by atoms with van der Waals surface area (Å²) in [6, 6.07) is 0. The Morgan fingerprint density at radius 2 is 2.62 bits per heavy atom. The largest absolute Gasteiger partial charge is 0.246 e. The highest BCUT2D eigenvalue weighted by molar-refractivity contribution is 5.88. The van der Waals surface area contributed by atoms with Gasteiger partial charge in [0.1, 0.15) is 6.33 Å². The van der Waals surface area contributed by atoms with E-state index < -0.39 is 0 Å². The molecule has 0 amide bonds. The van der Waals surface area contributed by atoms with E-state index in [1.54, 1.807) is 0 Å². The lowest BCUT2D eigenvalue weighted by atomic mass is 10.1. The van der Waals surface area contributed by atoms with E-state index in [9.17, 15) is 0 Å². The maximum Gasteiger partial charge on any atom is 0.239 e. The van der Waals surface area contributed by atoms with Crippen LogP contribution in [-0.2, 0) is 0 Å². The third kappa shape index (κ3) is 1.85. The van der Waals surface area contributed by atoms with Gasteiger partial charge in [-0.15, -0.1) is 0 Å². The molecule has 1 saturated carbocycles. The summed E-state index contributed by atoms with van der Waals surface area (Å²) in [6.45, 7) is 2.20. The molecule has 1 aliphatic carbocycles. The number of anilines is 1. The summed E-state index contributed by atoms with van der Waals surface area (Å²) in [4.78, 5) is 3.92. The van der Waals surface area contributed by atoms with Gasteiger partial charge in [-0.25, -0.2) is 10.5 Å². The predicted molar refractivity (Wildman–Crippen MR) is 50.5 cm³/mol. The van der Waals surface area contributed by atoms with Gasteiger partial charge in [0.25, 0.3) is 0 Å². The summed E-state index contributed by atoms with van der Waals surface area (Å²) in [7, 11) is 0. The molecule has 2 rings (SSSR count). The van der Waals surface area contributed by atoms with Crippen LogP contribution in [0.15, 0.2) is 11.4 Å². The number of hydrogen-bond donors (Lipinski definition) is 2. The quantitative estimate of drug-likeness (QED) is 0.674. The van der Waals surface area contributed by atoms with E-state index in [4.69, 9.17) is 0 Å². The van der Waals surface area contributed by atoms with Crippen molar-refractivity contribution >= 4 is 11.7 Å². The monoisotopic (exact) mass is 179 g/mol. The van der Waals surface area contributed by atoms with Crippen LogP contribution in [0.25, 0.3) is 0 Å². The third-order valence-electron chi connectivity index (χ3n) is 2.36. The molecule has 0 bridgehead atoms. The Kier molecular flexibility index (Phi) is 2.25. The van der Waals surface area contributed by atoms with Crippen LogP contribution in [0.1, 0.15) is 26.2 Å². The highest BCUT2D eigenvalue weighted by atomic mass is 15.4. The van der Waals surface area contributed by atoms with Crippen molar-refractivity contribution in [2.24, 2.45) is 11.0 Å². The Balaban J connectivity index is 1.97. The Bertz CT molecular complexity index is 289. The van der Waals surface area contributed by atoms with E-state index in [0.717, 1.165) is 6.42 Å². The number of aromatic nitrogens is 3. The fourth-order valence-electron chi connectivity index (χ4n) is 1.55. The Labute approximate surface area is 76.6 Å². The van der Waals surface area contributed by atoms with Crippen molar-refractivity contribution < 1.29 is 0 Å². The normalized spacial score (nSPS) is 25.3. The fraction of sp³-hybridized carbons (Fsp3) is 0.625. The van der Waals surface area contributed by atoms with Crippen LogP contribution in [0.3, 0.4) is 0 Å². The Hall–Kier alpha value is -1.39. The minimum Gasteiger partial charge on any atom is -0.246 e. The van der Waals surface area contributed by atoms with E-state index in [1.165, 1.54) is 24.9 Å². The molecule has 1 aliphatic rings. The van der Waals surface area contributed by atoms with Gasteiger partial charge in [0.05, 0.1) is 0 Å². The van der Waals surface area contributed by atoms with Crippen LogP contribution in [-0.4, -0.2) is 20.9 Å². The number of hydrogen-bond acceptors (Lipinski definition) is 4. The van der Waals surface area contributed by atoms with E-state index in [-0.39, 0.29) is 0 Å². The van der Waals surface area contributed by atoms with Gasteiger partial charge in [0.2, 0.25) is 5.95 Å². The van der Waals surface area contributed by atoms with Gasteiger partial charge in [-0.05, 0) is 25.2 Å². The lowest BCUT2D eigenvalue weighted by Gasteiger charge is -2.02. The first-order valence-electron chi connectivity index (χ1n) is 4.54. The van der Waals surface area contributed by atoms with Crippen molar-refractivity contribution in [2.75, 3.05) is 5.43 Å². The second-order valence-corrected chi connectivity index (χ2v) is 3.34. The molecule has 2 N–H and O–H groups in total. The summed E-state index contributed by atoms with van der Waals surface area (Å²) >= 11 is 0. The van der Waals surface area contributed by atoms with Crippen molar-refractivity contribution in [1.82, 2.24) is 15.2 Å². The number of H-pyrrole nitrogens is 1. The van der Waals surface area contributed by atoms with E-state index >= 15 is 0 Å². The summed E-state index contributed by atoms with van der Waals surface area (Å²) in [6.07, 6.45) is 5.05. The first kappa shape index (κ1) is 8.22. The maximum atomic E-state index is 4.28. The molecule has 1 atom stereocenters. The van der Waals surface area contributed by atoms with E-state index in [1.807, 2.05) is 0 Å². The van der Waals surface area contributed by atoms with Crippen molar-refractivity contribution in [3.8, 4) is 0 Å². The molecule has 0 saturated heterocycles. The molecule has 1 aromatic heterocycles. The number of nitrogens with zero attached hydrogens (tertiary/aromatic N) is 3. The molecule has 1 fully saturated rings. The second kappa shape index (κ2) is 3.55. The lowest BCUT2D eigenvalue weighted by Crippen LogP contribution is -2.05. The Morgan fingerprint density at radius 3 is 3.23 bits per heavy atom. The molecule has 1 unspecified atom stereocenters. The zero-order valence-electron chi connectivity index (χ0n) is 7.62. The summed E-state index contributed by atoms with van der Waals surface area (Å²) in [5.41, 5.74) is 4.09. The molecular weight excluding hydrogens is 166 g/mol. The van der Waals surface area contributed by atoms with Crippen LogP contribution >= 0.6 is 0 Å². The number of nitrogens with one attached hydrogen (secondary N) is 2. The molecule has 1 aromatic rings. The molecule has 5 heteroatoms. The van der Waals surface area contributed by atoms with Crippen molar-refractivity contribution in [3.63, 3.8) is 0 Å². The van der Waals surface area contributed by atoms with Crippen LogP contribution in [0, 0.1) is 5.92 Å². The zero-order valence-corrected chi connectivity index (χ0v) is 7.62. The summed E-state index contributed by atoms with van der Waals surface area (Å²) in [5.74, 6) is 1.21. The minimum atomic E-state index is 0.603. The molecule has 0 aliphatic heterocycles. The van der Waals surface area contributed by atoms with E-state index in [0.29, 0.717) is 11.9 Å². The van der Waals surface area contributed by atoms with Gasteiger partial charge in [0, 0.05) is 5.71 Å². The summed E-state index contributed by atoms with van der Waals surface area (Å²) < 4.78 is 0. The molecule has 0 aromatic carbocycles. The second-order valence-electron chi connectivity index (χ2n) is 3.34. The summed E-state index contributed by atoms with van der Waals surface area (Å²) in [5, 5.41) is 10.7. The molecule has 1 heterocycles. The SMILES string of the molecule is CC1CCC/C1=N\Nc1ncn[nH]1. The van der Waals surface area contributed by atoms with E-state index in [2.05, 4.69) is 32.6 Å². The maximum absolute atomic E-state index is 4.28. The number of rotatable bonds is 2. The first-order valence-corrected chi connectivity index (χ1v) is 4.54. The topological polar surface area (TPSA) is 66.0 Å². The number of hydrazone groups is 1. The highest BCUT2D eigenvalue weighted by Gasteiger charge is 2.17.